The number of para-hydroxylation sites is 2. The van der Waals surface area contributed by atoms with Crippen LogP contribution in [0, 0.1) is 0 Å². The highest BCUT2D eigenvalue weighted by Crippen LogP contribution is 2.21. The molecule has 0 fully saturated rings. The van der Waals surface area contributed by atoms with Gasteiger partial charge < -0.3 is 26.6 Å². The summed E-state index contributed by atoms with van der Waals surface area (Å²) in [5, 5.41) is 11.1. The number of carbonyl (C=O) groups is 10. The molecule has 1 aromatic heterocycles. The Morgan fingerprint density at radius 1 is 0.441 bits per heavy atom. The normalized spacial score (nSPS) is 10.4. The summed E-state index contributed by atoms with van der Waals surface area (Å²) in [7, 11) is 0. The monoisotopic (exact) mass is 1390 g/mol. The number of Topliss-reactive ketones (excluding diaryl/α,β-unsaturated/α-hetero) is 8. The minimum Gasteiger partial charge on any atom is -0.481 e. The quantitative estimate of drug-likeness (QED) is 0.0123. The molecule has 1 heterocycles. The van der Waals surface area contributed by atoms with Crippen molar-refractivity contribution in [2.75, 3.05) is 11.5 Å². The van der Waals surface area contributed by atoms with Crippen molar-refractivity contribution >= 4 is 69.7 Å². The maximum absolute atomic E-state index is 12.4. The van der Waals surface area contributed by atoms with Crippen molar-refractivity contribution in [3.05, 3.63) is 268 Å². The number of carbonyl (C=O) groups excluding carboxylic acids is 9. The highest BCUT2D eigenvalue weighted by atomic mass is 19.4. The summed E-state index contributed by atoms with van der Waals surface area (Å²) >= 11 is 0. The fourth-order valence-electron chi connectivity index (χ4n) is 10.0. The first kappa shape index (κ1) is 83.6. The Labute approximate surface area is 595 Å². The van der Waals surface area contributed by atoms with E-state index in [1.165, 1.54) is 5.56 Å². The van der Waals surface area contributed by atoms with Crippen LogP contribution in [-0.2, 0) is 90.0 Å². The largest absolute Gasteiger partial charge is 0.481 e. The average molecular weight is 1400 g/mol. The molecule has 7 aromatic carbocycles. The van der Waals surface area contributed by atoms with E-state index in [4.69, 9.17) is 21.3 Å². The second-order valence-corrected chi connectivity index (χ2v) is 24.2. The number of alkyl carbamates (subject to hydrolysis) is 1. The summed E-state index contributed by atoms with van der Waals surface area (Å²) in [6, 6.07) is 61.7. The molecule has 8 rings (SSSR count). The van der Waals surface area contributed by atoms with E-state index in [0.717, 1.165) is 77.5 Å². The molecule has 0 aliphatic carbocycles. The maximum atomic E-state index is 12.4. The second kappa shape index (κ2) is 48.0. The third-order valence-corrected chi connectivity index (χ3v) is 15.7. The fourth-order valence-corrected chi connectivity index (χ4v) is 10.0. The van der Waals surface area contributed by atoms with Crippen LogP contribution in [-0.4, -0.2) is 74.6 Å². The SMILES string of the molecule is CC(=O)Cc1ccc(C(=O)Cc2ccccc2N)cc1.CCC(=O)C(=O)CCCCCCC(=O)Cc1ccccc1.Nc1ccccc1CC(=O)c1ccc(CNC(=O)OCc2cccnc2)cc1.O=C(CCCCCCC(=O)C(F)(F)F)Cc1ccccc1.O=C(O)CCCc1ccccc1. The number of ketones is 8. The molecule has 538 valence electrons. The van der Waals surface area contributed by atoms with Gasteiger partial charge >= 0.3 is 18.2 Å². The van der Waals surface area contributed by atoms with E-state index in [2.05, 4.69) is 10.3 Å². The molecule has 0 radical (unpaired) electrons. The van der Waals surface area contributed by atoms with E-state index in [0.29, 0.717) is 99.7 Å². The number of alkyl halides is 3. The van der Waals surface area contributed by atoms with Gasteiger partial charge in [-0.3, -0.25) is 48.1 Å². The molecule has 6 N–H and O–H groups in total. The lowest BCUT2D eigenvalue weighted by atomic mass is 10.00. The van der Waals surface area contributed by atoms with Crippen molar-refractivity contribution in [1.82, 2.24) is 10.3 Å². The number of rotatable bonds is 36. The van der Waals surface area contributed by atoms with Gasteiger partial charge in [-0.1, -0.05) is 215 Å². The zero-order chi connectivity index (χ0) is 74.3. The Kier molecular flexibility index (Phi) is 39.4. The second-order valence-electron chi connectivity index (χ2n) is 24.2. The third kappa shape index (κ3) is 36.8. The highest BCUT2D eigenvalue weighted by Gasteiger charge is 2.37. The van der Waals surface area contributed by atoms with E-state index in [1.54, 1.807) is 68.7 Å². The van der Waals surface area contributed by atoms with Crippen LogP contribution >= 0.6 is 0 Å². The van der Waals surface area contributed by atoms with Crippen molar-refractivity contribution in [1.29, 1.82) is 0 Å². The number of pyridine rings is 1. The van der Waals surface area contributed by atoms with E-state index in [1.807, 2.05) is 158 Å². The molecule has 0 saturated heterocycles. The molecule has 8 aromatic rings. The highest BCUT2D eigenvalue weighted by molar-refractivity contribution is 6.37. The zero-order valence-electron chi connectivity index (χ0n) is 58.1. The number of hydrogen-bond acceptors (Lipinski definition) is 14. The molecule has 0 spiro atoms. The van der Waals surface area contributed by atoms with Crippen LogP contribution in [0.1, 0.15) is 175 Å². The van der Waals surface area contributed by atoms with Gasteiger partial charge in [-0.2, -0.15) is 13.2 Å². The topological polar surface area (TPSA) is 277 Å². The molecule has 0 atom stereocenters. The first-order valence-corrected chi connectivity index (χ1v) is 34.2. The van der Waals surface area contributed by atoms with Gasteiger partial charge in [0.25, 0.3) is 0 Å². The predicted octanol–water partition coefficient (Wildman–Crippen LogP) is 16.4. The molecule has 0 aliphatic rings. The number of carboxylic acids is 1. The Balaban J connectivity index is 0.000000276. The van der Waals surface area contributed by atoms with Crippen LogP contribution in [0.3, 0.4) is 0 Å². The number of carboxylic acid groups (broad SMARTS) is 1. The fraction of sp³-hybridized carbons (Fsp3) is 0.313. The number of amides is 1. The lowest BCUT2D eigenvalue weighted by Crippen LogP contribution is -2.23. The summed E-state index contributed by atoms with van der Waals surface area (Å²) in [5.41, 5.74) is 21.7. The Bertz CT molecular complexity index is 3870. The van der Waals surface area contributed by atoms with E-state index in [9.17, 15) is 61.1 Å². The van der Waals surface area contributed by atoms with Gasteiger partial charge in [0.2, 0.25) is 5.78 Å². The number of aromatic nitrogens is 1. The lowest BCUT2D eigenvalue weighted by Gasteiger charge is -2.08. The first-order chi connectivity index (χ1) is 49.0. The molecule has 19 heteroatoms. The van der Waals surface area contributed by atoms with Gasteiger partial charge in [0.15, 0.2) is 23.1 Å². The van der Waals surface area contributed by atoms with Crippen LogP contribution in [0.15, 0.2) is 213 Å². The third-order valence-electron chi connectivity index (χ3n) is 15.7. The molecule has 0 bridgehead atoms. The van der Waals surface area contributed by atoms with Gasteiger partial charge in [-0.05, 0) is 103 Å². The van der Waals surface area contributed by atoms with Crippen LogP contribution in [0.25, 0.3) is 0 Å². The van der Waals surface area contributed by atoms with E-state index < -0.39 is 30.4 Å². The van der Waals surface area contributed by atoms with Crippen molar-refractivity contribution in [3.63, 3.8) is 0 Å². The number of nitrogens with one attached hydrogen (secondary N) is 1. The number of nitrogen functional groups attached to an aromatic ring is 2. The predicted molar refractivity (Wildman–Crippen MR) is 390 cm³/mol. The zero-order valence-corrected chi connectivity index (χ0v) is 58.1. The number of benzene rings is 7. The van der Waals surface area contributed by atoms with Crippen molar-refractivity contribution in [2.24, 2.45) is 0 Å². The summed E-state index contributed by atoms with van der Waals surface area (Å²) in [6.45, 7) is 3.73. The minimum atomic E-state index is -4.72. The number of nitrogens with two attached hydrogens (primary N) is 2. The van der Waals surface area contributed by atoms with Gasteiger partial charge in [-0.15, -0.1) is 0 Å². The minimum absolute atomic E-state index is 0.00621. The van der Waals surface area contributed by atoms with Crippen LogP contribution in [0.5, 0.6) is 0 Å². The van der Waals surface area contributed by atoms with Crippen molar-refractivity contribution in [3.8, 4) is 0 Å². The molecule has 16 nitrogen and oxygen atoms in total. The maximum Gasteiger partial charge on any atom is 0.449 e. The summed E-state index contributed by atoms with van der Waals surface area (Å²) in [4.78, 5) is 118. The smallest absolute Gasteiger partial charge is 0.449 e. The van der Waals surface area contributed by atoms with Gasteiger partial charge in [-0.25, -0.2) is 4.79 Å². The molecule has 0 aliphatic heterocycles. The molecular formula is C83H93F3N4O12. The van der Waals surface area contributed by atoms with Crippen LogP contribution in [0.2, 0.25) is 0 Å². The van der Waals surface area contributed by atoms with Crippen LogP contribution < -0.4 is 16.8 Å². The number of hydrogen-bond donors (Lipinski definition) is 4. The van der Waals surface area contributed by atoms with Crippen molar-refractivity contribution in [2.45, 2.75) is 168 Å². The molecular weight excluding hydrogens is 1300 g/mol. The number of nitrogens with zero attached hydrogens (tertiary/aromatic N) is 1. The van der Waals surface area contributed by atoms with Gasteiger partial charge in [0.05, 0.1) is 0 Å². The number of aryl methyl sites for hydroxylation is 1. The Hall–Kier alpha value is -10.8. The molecule has 0 unspecified atom stereocenters. The lowest BCUT2D eigenvalue weighted by molar-refractivity contribution is -0.171. The van der Waals surface area contributed by atoms with E-state index >= 15 is 0 Å². The number of aliphatic carboxylic acids is 1. The standard InChI is InChI=1S/C22H21N3O3.C18H24O3.C17H17NO2.C16H19F3O2.C10H12O2/c23-20-6-2-1-5-19(20)12-21(26)18-9-7-16(8-10-18)14-25-22(27)28-15-17-4-3-11-24-13-17;1-2-17(20)18(21)13-9-4-3-8-12-16(19)14-15-10-6-5-7-11-15;1-12(19)10-13-6-8-14(9-7-13)17(20)11-15-4-2-3-5-16(15)18;17-16(18,19)15(21)11-7-2-1-6-10-14(20)12-13-8-4-3-5-9-13;11-10(12)8-4-7-9-5-2-1-3-6-9/h1-11,13H,12,14-15,23H2,(H,25,27);5-7,10-11H,2-4,8-9,12-14H2,1H3;2-9H,10-11,18H2,1H3;3-5,8-9H,1-2,6-7,10-12H2;1-3,5-6H,4,7-8H2,(H,11,12). The Morgan fingerprint density at radius 3 is 1.29 bits per heavy atom. The number of unbranched alkanes of at least 4 members (excludes halogenated alkanes) is 6. The molecule has 1 amide bonds. The summed E-state index contributed by atoms with van der Waals surface area (Å²) in [5.74, 6) is -2.38. The Morgan fingerprint density at radius 2 is 0.863 bits per heavy atom. The number of anilines is 2. The summed E-state index contributed by atoms with van der Waals surface area (Å²) < 4.78 is 41.0. The molecule has 0 saturated carbocycles. The molecule has 102 heavy (non-hydrogen) atoms. The van der Waals surface area contributed by atoms with Gasteiger partial charge in [0, 0.05) is 118 Å². The van der Waals surface area contributed by atoms with E-state index in [-0.39, 0.29) is 66.4 Å². The van der Waals surface area contributed by atoms with Gasteiger partial charge in [0.1, 0.15) is 24.0 Å². The summed E-state index contributed by atoms with van der Waals surface area (Å²) in [6.07, 6.45) is 8.53. The number of halogens is 3. The first-order valence-electron chi connectivity index (χ1n) is 34.2. The van der Waals surface area contributed by atoms with Crippen LogP contribution in [0.4, 0.5) is 29.3 Å². The average Bonchev–Trinajstić information content (AvgIpc) is 0.876. The van der Waals surface area contributed by atoms with Crippen molar-refractivity contribution < 1.29 is 71.0 Å². The number of ether oxygens (including phenoxy) is 1.